The van der Waals surface area contributed by atoms with Gasteiger partial charge in [0.2, 0.25) is 0 Å². The van der Waals surface area contributed by atoms with Crippen molar-refractivity contribution in [2.75, 3.05) is 6.61 Å². The Kier molecular flexibility index (Phi) is 2.56. The van der Waals surface area contributed by atoms with E-state index in [4.69, 9.17) is 9.15 Å². The molecule has 3 rings (SSSR count). The summed E-state index contributed by atoms with van der Waals surface area (Å²) in [4.78, 5) is 0. The number of furan rings is 1. The molecule has 3 nitrogen and oxygen atoms in total. The summed E-state index contributed by atoms with van der Waals surface area (Å²) in [6.45, 7) is 0.575. The number of nitrogens with zero attached hydrogens (tertiary/aromatic N) is 1. The Labute approximate surface area is 106 Å². The fourth-order valence-corrected chi connectivity index (χ4v) is 2.51. The summed E-state index contributed by atoms with van der Waals surface area (Å²) >= 11 is 0. The first-order valence-electron chi connectivity index (χ1n) is 6.00. The third kappa shape index (κ3) is 1.67. The summed E-state index contributed by atoms with van der Waals surface area (Å²) in [5, 5.41) is 9.64. The first-order chi connectivity index (χ1) is 8.84. The molecule has 18 heavy (non-hydrogen) atoms. The van der Waals surface area contributed by atoms with E-state index in [9.17, 15) is 5.26 Å². The number of hydrogen-bond acceptors (Lipinski definition) is 3. The number of rotatable bonds is 2. The predicted molar refractivity (Wildman–Crippen MR) is 66.3 cm³/mol. The second kappa shape index (κ2) is 4.23. The van der Waals surface area contributed by atoms with Crippen LogP contribution in [0.3, 0.4) is 0 Å². The van der Waals surface area contributed by atoms with Gasteiger partial charge in [0.15, 0.2) is 0 Å². The van der Waals surface area contributed by atoms with Gasteiger partial charge >= 0.3 is 0 Å². The molecule has 0 spiro atoms. The minimum Gasteiger partial charge on any atom is -0.493 e. The molecule has 90 valence electrons. The number of hydrogen-bond donors (Lipinski definition) is 0. The molecule has 1 aliphatic rings. The molecule has 0 amide bonds. The maximum absolute atomic E-state index is 9.64. The molecule has 0 radical (unpaired) electrons. The van der Waals surface area contributed by atoms with Crippen molar-refractivity contribution in [3.63, 3.8) is 0 Å². The average molecular weight is 239 g/mol. The molecular formula is C15H13NO2. The van der Waals surface area contributed by atoms with Crippen LogP contribution in [0.1, 0.15) is 17.7 Å². The van der Waals surface area contributed by atoms with Crippen molar-refractivity contribution >= 4 is 0 Å². The molecule has 1 unspecified atom stereocenters. The van der Waals surface area contributed by atoms with Gasteiger partial charge in [-0.1, -0.05) is 18.2 Å². The molecule has 0 saturated carbocycles. The Hall–Kier alpha value is -2.21. The zero-order valence-corrected chi connectivity index (χ0v) is 9.93. The smallest absolute Gasteiger partial charge is 0.124 e. The van der Waals surface area contributed by atoms with Crippen LogP contribution in [0.15, 0.2) is 47.1 Å². The van der Waals surface area contributed by atoms with Gasteiger partial charge in [-0.2, -0.15) is 5.26 Å². The van der Waals surface area contributed by atoms with Gasteiger partial charge in [0.05, 0.1) is 24.4 Å². The topological polar surface area (TPSA) is 46.2 Å². The minimum atomic E-state index is -0.535. The normalized spacial score (nSPS) is 21.7. The highest BCUT2D eigenvalue weighted by Crippen LogP contribution is 2.40. The Bertz CT molecular complexity index is 583. The summed E-state index contributed by atoms with van der Waals surface area (Å²) in [5.41, 5.74) is 0.433. The number of fused-ring (bicyclic) bond motifs is 1. The van der Waals surface area contributed by atoms with E-state index in [1.807, 2.05) is 36.4 Å². The van der Waals surface area contributed by atoms with E-state index in [1.54, 1.807) is 6.26 Å². The van der Waals surface area contributed by atoms with Crippen molar-refractivity contribution in [1.82, 2.24) is 0 Å². The van der Waals surface area contributed by atoms with Gasteiger partial charge in [-0.25, -0.2) is 0 Å². The summed E-state index contributed by atoms with van der Waals surface area (Å²) in [7, 11) is 0. The largest absolute Gasteiger partial charge is 0.493 e. The molecule has 2 aromatic rings. The second-order valence-corrected chi connectivity index (χ2v) is 4.54. The molecule has 2 heterocycles. The van der Waals surface area contributed by atoms with E-state index in [0.717, 1.165) is 17.1 Å². The lowest BCUT2D eigenvalue weighted by Crippen LogP contribution is -2.33. The molecular weight excluding hydrogens is 226 g/mol. The van der Waals surface area contributed by atoms with Gasteiger partial charge in [-0.15, -0.1) is 0 Å². The highest BCUT2D eigenvalue weighted by molar-refractivity contribution is 5.46. The molecule has 1 aromatic carbocycles. The lowest BCUT2D eigenvalue weighted by Gasteiger charge is -2.32. The van der Waals surface area contributed by atoms with E-state index in [-0.39, 0.29) is 0 Å². The van der Waals surface area contributed by atoms with Gasteiger partial charge in [0, 0.05) is 18.4 Å². The number of ether oxygens (including phenoxy) is 1. The van der Waals surface area contributed by atoms with Crippen LogP contribution in [0.2, 0.25) is 0 Å². The average Bonchev–Trinajstić information content (AvgIpc) is 2.92. The molecule has 1 aromatic heterocycles. The molecule has 0 saturated heterocycles. The minimum absolute atomic E-state index is 0.535. The lowest BCUT2D eigenvalue weighted by atomic mass is 9.74. The number of nitriles is 1. The van der Waals surface area contributed by atoms with Crippen LogP contribution < -0.4 is 4.74 Å². The summed E-state index contributed by atoms with van der Waals surface area (Å²) in [5.74, 6) is 1.66. The van der Waals surface area contributed by atoms with Gasteiger partial charge in [0.25, 0.3) is 0 Å². The summed E-state index contributed by atoms with van der Waals surface area (Å²) < 4.78 is 11.0. The SMILES string of the molecule is N#CC1(Cc2ccco2)CCOc2ccccc21. The number of para-hydroxylation sites is 1. The molecule has 0 bridgehead atoms. The third-order valence-corrected chi connectivity index (χ3v) is 3.46. The van der Waals surface area contributed by atoms with Gasteiger partial charge in [-0.3, -0.25) is 0 Å². The maximum atomic E-state index is 9.64. The van der Waals surface area contributed by atoms with E-state index in [2.05, 4.69) is 6.07 Å². The first kappa shape index (κ1) is 10.9. The molecule has 1 atom stereocenters. The first-order valence-corrected chi connectivity index (χ1v) is 6.00. The van der Waals surface area contributed by atoms with Crippen molar-refractivity contribution in [3.8, 4) is 11.8 Å². The van der Waals surface area contributed by atoms with Crippen LogP contribution in [0.4, 0.5) is 0 Å². The van der Waals surface area contributed by atoms with Crippen molar-refractivity contribution < 1.29 is 9.15 Å². The van der Waals surface area contributed by atoms with Crippen LogP contribution in [-0.2, 0) is 11.8 Å². The van der Waals surface area contributed by atoms with E-state index in [0.29, 0.717) is 19.4 Å². The fraction of sp³-hybridized carbons (Fsp3) is 0.267. The van der Waals surface area contributed by atoms with E-state index in [1.165, 1.54) is 0 Å². The van der Waals surface area contributed by atoms with E-state index < -0.39 is 5.41 Å². The maximum Gasteiger partial charge on any atom is 0.124 e. The number of benzene rings is 1. The van der Waals surface area contributed by atoms with Crippen LogP contribution in [0.5, 0.6) is 5.75 Å². The highest BCUT2D eigenvalue weighted by atomic mass is 16.5. The molecule has 1 aliphatic heterocycles. The lowest BCUT2D eigenvalue weighted by molar-refractivity contribution is 0.236. The van der Waals surface area contributed by atoms with Crippen LogP contribution in [0, 0.1) is 11.3 Å². The summed E-state index contributed by atoms with van der Waals surface area (Å²) in [6.07, 6.45) is 2.93. The van der Waals surface area contributed by atoms with Gasteiger partial charge in [0.1, 0.15) is 11.5 Å². The standard InChI is InChI=1S/C15H13NO2/c16-11-15(10-12-4-3-8-17-12)7-9-18-14-6-2-1-5-13(14)15/h1-6,8H,7,9-10H2. The van der Waals surface area contributed by atoms with Crippen molar-refractivity contribution in [2.45, 2.75) is 18.3 Å². The Morgan fingerprint density at radius 1 is 1.22 bits per heavy atom. The Morgan fingerprint density at radius 2 is 2.11 bits per heavy atom. The van der Waals surface area contributed by atoms with Crippen molar-refractivity contribution in [1.29, 1.82) is 5.26 Å². The monoisotopic (exact) mass is 239 g/mol. The predicted octanol–water partition coefficient (Wildman–Crippen LogP) is 3.07. The van der Waals surface area contributed by atoms with Crippen LogP contribution in [-0.4, -0.2) is 6.61 Å². The van der Waals surface area contributed by atoms with Crippen LogP contribution >= 0.6 is 0 Å². The highest BCUT2D eigenvalue weighted by Gasteiger charge is 2.38. The van der Waals surface area contributed by atoms with Crippen molar-refractivity contribution in [2.24, 2.45) is 0 Å². The van der Waals surface area contributed by atoms with Crippen molar-refractivity contribution in [3.05, 3.63) is 54.0 Å². The quantitative estimate of drug-likeness (QED) is 0.809. The molecule has 0 aliphatic carbocycles. The molecule has 0 fully saturated rings. The third-order valence-electron chi connectivity index (χ3n) is 3.46. The molecule has 0 N–H and O–H groups in total. The van der Waals surface area contributed by atoms with E-state index >= 15 is 0 Å². The zero-order valence-electron chi connectivity index (χ0n) is 9.93. The van der Waals surface area contributed by atoms with Gasteiger partial charge in [-0.05, 0) is 18.2 Å². The fourth-order valence-electron chi connectivity index (χ4n) is 2.51. The van der Waals surface area contributed by atoms with Crippen LogP contribution in [0.25, 0.3) is 0 Å². The Morgan fingerprint density at radius 3 is 2.89 bits per heavy atom. The zero-order chi connectivity index (χ0) is 12.4. The Balaban J connectivity index is 2.05. The second-order valence-electron chi connectivity index (χ2n) is 4.54. The molecule has 3 heteroatoms. The van der Waals surface area contributed by atoms with Gasteiger partial charge < -0.3 is 9.15 Å². The summed E-state index contributed by atoms with van der Waals surface area (Å²) in [6, 6.07) is 14.0.